The van der Waals surface area contributed by atoms with Gasteiger partial charge in [-0.05, 0) is 30.2 Å². The molecular formula is C43H33ClF3N7O8S2. The number of nitrogens with two attached hydrogens (primary N) is 1. The summed E-state index contributed by atoms with van der Waals surface area (Å²) in [5.41, 5.74) is 7.65. The van der Waals surface area contributed by atoms with Crippen LogP contribution in [0.5, 0.6) is 0 Å². The second-order valence-corrected chi connectivity index (χ2v) is 16.3. The Morgan fingerprint density at radius 3 is 2.00 bits per heavy atom. The van der Waals surface area contributed by atoms with Crippen LogP contribution in [0.25, 0.3) is 0 Å². The minimum absolute atomic E-state index is 0.126. The van der Waals surface area contributed by atoms with E-state index in [2.05, 4.69) is 20.4 Å². The van der Waals surface area contributed by atoms with Gasteiger partial charge in [-0.15, -0.1) is 23.1 Å². The van der Waals surface area contributed by atoms with Crippen molar-refractivity contribution in [3.05, 3.63) is 165 Å². The van der Waals surface area contributed by atoms with E-state index in [0.717, 1.165) is 32.9 Å². The number of aromatic nitrogens is 2. The Bertz CT molecular complexity index is 2610. The summed E-state index contributed by atoms with van der Waals surface area (Å²) in [4.78, 5) is 80.6. The lowest BCUT2D eigenvalue weighted by Gasteiger charge is -2.49. The number of aliphatic carboxylic acids is 2. The molecule has 3 aromatic carbocycles. The summed E-state index contributed by atoms with van der Waals surface area (Å²) in [6.07, 6.45) is -1.69. The molecule has 2 saturated heterocycles. The lowest BCUT2D eigenvalue weighted by atomic mass is 9.80. The summed E-state index contributed by atoms with van der Waals surface area (Å²) in [5.74, 6) is -5.68. The Kier molecular flexibility index (Phi) is 13.2. The number of carbonyl (C=O) groups is 5. The van der Waals surface area contributed by atoms with Crippen LogP contribution in [0, 0.1) is 0 Å². The molecule has 8 rings (SSSR count). The van der Waals surface area contributed by atoms with Crippen molar-refractivity contribution >= 4 is 80.9 Å². The number of benzene rings is 3. The number of rotatable bonds is 11. The number of anilines is 2. The number of alkyl halides is 3. The van der Waals surface area contributed by atoms with Gasteiger partial charge < -0.3 is 31.0 Å². The summed E-state index contributed by atoms with van der Waals surface area (Å²) in [6.45, 7) is 0.333. The molecule has 2 atom stereocenters. The molecule has 2 fully saturated rings. The van der Waals surface area contributed by atoms with Crippen molar-refractivity contribution in [3.8, 4) is 0 Å². The first-order chi connectivity index (χ1) is 30.6. The average molecular weight is 932 g/mol. The number of carboxylic acids is 2. The van der Waals surface area contributed by atoms with Gasteiger partial charge in [-0.2, -0.15) is 13.2 Å². The minimum Gasteiger partial charge on any atom is -0.477 e. The molecule has 21 heteroatoms. The number of hydrogen-bond donors (Lipinski definition) is 4. The number of hydrogen-bond acceptors (Lipinski definition) is 12. The average Bonchev–Trinajstić information content (AvgIpc) is 3.88. The zero-order valence-corrected chi connectivity index (χ0v) is 35.2. The zero-order chi connectivity index (χ0) is 45.8. The maximum atomic E-state index is 14.2. The van der Waals surface area contributed by atoms with Crippen LogP contribution < -0.4 is 16.0 Å². The topological polar surface area (TPSA) is 218 Å². The number of pyridine rings is 1. The molecule has 0 aliphatic carbocycles. The lowest BCUT2D eigenvalue weighted by molar-refractivity contribution is -0.192. The third-order valence-electron chi connectivity index (χ3n) is 10.0. The minimum atomic E-state index is -5.08. The Morgan fingerprint density at radius 2 is 1.50 bits per heavy atom. The number of oxime groups is 1. The van der Waals surface area contributed by atoms with Crippen LogP contribution >= 0.6 is 34.7 Å². The number of nitrogen functional groups attached to an aromatic ring is 1. The number of carbonyl (C=O) groups excluding carboxylic acids is 3. The smallest absolute Gasteiger partial charge is 0.477 e. The van der Waals surface area contributed by atoms with Gasteiger partial charge in [-0.3, -0.25) is 19.3 Å². The number of thioether (sulfide) groups is 1. The van der Waals surface area contributed by atoms with Gasteiger partial charge in [0.2, 0.25) is 5.60 Å². The molecule has 0 bridgehead atoms. The van der Waals surface area contributed by atoms with Gasteiger partial charge in [-0.1, -0.05) is 108 Å². The summed E-state index contributed by atoms with van der Waals surface area (Å²) in [5, 5.41) is 25.9. The van der Waals surface area contributed by atoms with Crippen LogP contribution in [0.1, 0.15) is 28.8 Å². The molecule has 3 aliphatic heterocycles. The Hall–Kier alpha value is -7.03. The normalized spacial score (nSPS) is 18.2. The summed E-state index contributed by atoms with van der Waals surface area (Å²) < 4.78 is 31.7. The molecule has 0 unspecified atom stereocenters. The maximum absolute atomic E-state index is 14.2. The molecule has 3 amide bonds. The molecule has 64 heavy (non-hydrogen) atoms. The number of allylic oxidation sites excluding steroid dienone is 1. The molecule has 5 aromatic rings. The van der Waals surface area contributed by atoms with Gasteiger partial charge in [0, 0.05) is 46.1 Å². The number of β-lactam (4-membered cyclic amide) rings is 1. The largest absolute Gasteiger partial charge is 0.490 e. The second kappa shape index (κ2) is 18.8. The molecular weight excluding hydrogens is 899 g/mol. The SMILES string of the molecule is Nc1nc(C(=NOC(c2ccccc2)(c2ccccc2)c2ccccc2)C(=O)N[C@@H]2C(=O)N3C(C(=O)O)=C(C=C4CCN(c5cccnc5Cl)C4=O)CS[C@H]23)cs1.O=C(O)C(F)(F)F. The fourth-order valence-corrected chi connectivity index (χ4v) is 9.20. The van der Waals surface area contributed by atoms with E-state index in [1.807, 2.05) is 91.0 Å². The molecule has 5 N–H and O–H groups in total. The highest BCUT2D eigenvalue weighted by atomic mass is 35.5. The van der Waals surface area contributed by atoms with Crippen LogP contribution in [0.15, 0.2) is 143 Å². The third-order valence-corrected chi connectivity index (χ3v) is 12.3. The van der Waals surface area contributed by atoms with Crippen LogP contribution in [-0.2, 0) is 34.4 Å². The first-order valence-corrected chi connectivity index (χ1v) is 21.2. The zero-order valence-electron chi connectivity index (χ0n) is 32.8. The van der Waals surface area contributed by atoms with Crippen molar-refractivity contribution < 1.29 is 52.2 Å². The van der Waals surface area contributed by atoms with Crippen molar-refractivity contribution in [3.63, 3.8) is 0 Å². The third kappa shape index (κ3) is 9.06. The Balaban J connectivity index is 0.000000809. The molecule has 15 nitrogen and oxygen atoms in total. The van der Waals surface area contributed by atoms with Gasteiger partial charge in [-0.25, -0.2) is 19.6 Å². The van der Waals surface area contributed by atoms with Crippen LogP contribution in [0.2, 0.25) is 5.15 Å². The Labute approximate surface area is 374 Å². The number of fused-ring (bicyclic) bond motifs is 1. The maximum Gasteiger partial charge on any atom is 0.490 e. The molecule has 0 saturated carbocycles. The standard InChI is InChI=1S/C41H32ClN7O6S2.C2HF3O2/c42-34-30(17-10-19-44-34)48-20-18-24(36(48)51)21-25-22-56-38-32(37(52)49(38)33(25)39(53)54)46-35(50)31(29-23-57-40(43)45-29)47-55-41(26-11-4-1-5-12-26,27-13-6-2-7-14-27)28-15-8-3-9-16-28;3-2(4,5)1(6)7/h1-17,19,21,23,32,38H,18,20,22H2,(H2,43,45)(H,46,50)(H,53,54);(H,6,7)/t32-,38-;/m1./s1. The van der Waals surface area contributed by atoms with Crippen molar-refractivity contribution in [1.82, 2.24) is 20.2 Å². The number of nitrogens with one attached hydrogen (secondary N) is 1. The van der Waals surface area contributed by atoms with Gasteiger partial charge >= 0.3 is 18.1 Å². The quantitative estimate of drug-likeness (QED) is 0.0290. The number of thiazole rings is 1. The van der Waals surface area contributed by atoms with E-state index >= 15 is 0 Å². The summed E-state index contributed by atoms with van der Waals surface area (Å²) in [6, 6.07) is 30.7. The predicted molar refractivity (Wildman–Crippen MR) is 231 cm³/mol. The van der Waals surface area contributed by atoms with Crippen molar-refractivity contribution in [1.29, 1.82) is 0 Å². The highest BCUT2D eigenvalue weighted by Crippen LogP contribution is 2.43. The van der Waals surface area contributed by atoms with Crippen molar-refractivity contribution in [2.24, 2.45) is 5.16 Å². The highest BCUT2D eigenvalue weighted by Gasteiger charge is 2.54. The molecule has 5 heterocycles. The number of amides is 3. The van der Waals surface area contributed by atoms with Crippen LogP contribution in [0.3, 0.4) is 0 Å². The van der Waals surface area contributed by atoms with E-state index in [0.29, 0.717) is 29.8 Å². The first-order valence-electron chi connectivity index (χ1n) is 18.9. The summed E-state index contributed by atoms with van der Waals surface area (Å²) >= 11 is 8.61. The van der Waals surface area contributed by atoms with E-state index in [4.69, 9.17) is 32.1 Å². The second-order valence-electron chi connectivity index (χ2n) is 13.9. The van der Waals surface area contributed by atoms with E-state index < -0.39 is 46.9 Å². The Morgan fingerprint density at radius 1 is 0.922 bits per heavy atom. The van der Waals surface area contributed by atoms with Crippen molar-refractivity contribution in [2.45, 2.75) is 29.6 Å². The summed E-state index contributed by atoms with van der Waals surface area (Å²) in [7, 11) is 0. The monoisotopic (exact) mass is 931 g/mol. The van der Waals surface area contributed by atoms with Gasteiger partial charge in [0.05, 0.1) is 5.69 Å². The van der Waals surface area contributed by atoms with E-state index in [1.54, 1.807) is 17.5 Å². The molecule has 328 valence electrons. The molecule has 0 spiro atoms. The van der Waals surface area contributed by atoms with Gasteiger partial charge in [0.1, 0.15) is 22.8 Å². The van der Waals surface area contributed by atoms with Crippen molar-refractivity contribution in [2.75, 3.05) is 22.9 Å². The fourth-order valence-electron chi connectivity index (χ4n) is 7.12. The van der Waals surface area contributed by atoms with Crippen LogP contribution in [-0.4, -0.2) is 90.3 Å². The molecule has 2 aromatic heterocycles. The highest BCUT2D eigenvalue weighted by molar-refractivity contribution is 8.00. The van der Waals surface area contributed by atoms with E-state index in [9.17, 15) is 37.5 Å². The van der Waals surface area contributed by atoms with Gasteiger partial charge in [0.15, 0.2) is 16.0 Å². The number of halogens is 4. The molecule has 3 aliphatic rings. The fraction of sp³-hybridized carbons (Fsp3) is 0.163. The number of carboxylic acid groups (broad SMARTS) is 2. The van der Waals surface area contributed by atoms with E-state index in [1.165, 1.54) is 28.9 Å². The van der Waals surface area contributed by atoms with Crippen LogP contribution in [0.4, 0.5) is 24.0 Å². The first kappa shape index (κ1) is 45.0. The molecule has 0 radical (unpaired) electrons. The predicted octanol–water partition coefficient (Wildman–Crippen LogP) is 6.22. The number of nitrogens with zero attached hydrogens (tertiary/aromatic N) is 5. The lowest BCUT2D eigenvalue weighted by Crippen LogP contribution is -2.71. The van der Waals surface area contributed by atoms with Gasteiger partial charge in [0.25, 0.3) is 17.7 Å². The van der Waals surface area contributed by atoms with E-state index in [-0.39, 0.29) is 39.0 Å².